The van der Waals surface area contributed by atoms with Gasteiger partial charge in [0, 0.05) is 61.7 Å². The number of allylic oxidation sites excluding steroid dienone is 4. The van der Waals surface area contributed by atoms with Gasteiger partial charge in [0.15, 0.2) is 0 Å². The molecule has 3 nitrogen and oxygen atoms in total. The number of aromatic nitrogens is 1. The summed E-state index contributed by atoms with van der Waals surface area (Å²) >= 11 is 0. The second-order valence-electron chi connectivity index (χ2n) is 15.6. The highest BCUT2D eigenvalue weighted by Crippen LogP contribution is 2.47. The van der Waals surface area contributed by atoms with Crippen LogP contribution in [0.25, 0.3) is 49.5 Å². The largest absolute Gasteiger partial charge is 0.313 e. The van der Waals surface area contributed by atoms with Crippen molar-refractivity contribution in [2.24, 2.45) is 0 Å². The van der Waals surface area contributed by atoms with E-state index in [1.54, 1.807) is 0 Å². The van der Waals surface area contributed by atoms with E-state index in [9.17, 15) is 0 Å². The molecule has 1 aliphatic heterocycles. The van der Waals surface area contributed by atoms with E-state index in [1.165, 1.54) is 77.5 Å². The molecule has 0 spiro atoms. The summed E-state index contributed by atoms with van der Waals surface area (Å²) in [6.07, 6.45) is 8.41. The first-order valence-electron chi connectivity index (χ1n) is 20.7. The van der Waals surface area contributed by atoms with E-state index in [0.29, 0.717) is 0 Å². The summed E-state index contributed by atoms with van der Waals surface area (Å²) in [5.41, 5.74) is 17.3. The third-order valence-corrected chi connectivity index (χ3v) is 12.3. The molecule has 2 heterocycles. The van der Waals surface area contributed by atoms with Crippen LogP contribution < -0.4 is 9.80 Å². The van der Waals surface area contributed by atoms with Gasteiger partial charge in [-0.2, -0.15) is 0 Å². The van der Waals surface area contributed by atoms with Gasteiger partial charge in [-0.15, -0.1) is 0 Å². The molecule has 0 radical (unpaired) electrons. The monoisotopic (exact) mass is 757 g/mol. The number of hydrogen-bond acceptors (Lipinski definition) is 2. The quantitative estimate of drug-likeness (QED) is 0.145. The van der Waals surface area contributed by atoms with Crippen LogP contribution in [-0.2, 0) is 12.8 Å². The van der Waals surface area contributed by atoms with Crippen molar-refractivity contribution in [2.75, 3.05) is 9.80 Å². The van der Waals surface area contributed by atoms with Gasteiger partial charge in [0.05, 0.1) is 11.0 Å². The van der Waals surface area contributed by atoms with E-state index in [2.05, 4.69) is 221 Å². The predicted molar refractivity (Wildman–Crippen MR) is 250 cm³/mol. The van der Waals surface area contributed by atoms with E-state index in [-0.39, 0.29) is 0 Å². The number of rotatable bonds is 9. The normalized spacial score (nSPS) is 13.5. The topological polar surface area (TPSA) is 11.4 Å². The molecular formula is C56H43N3. The second-order valence-corrected chi connectivity index (χ2v) is 15.6. The van der Waals surface area contributed by atoms with Gasteiger partial charge >= 0.3 is 0 Å². The van der Waals surface area contributed by atoms with Crippen molar-refractivity contribution in [2.45, 2.75) is 25.7 Å². The van der Waals surface area contributed by atoms with Gasteiger partial charge in [0.1, 0.15) is 0 Å². The molecule has 0 bridgehead atoms. The summed E-state index contributed by atoms with van der Waals surface area (Å²) in [5, 5.41) is 4.92. The molecule has 0 unspecified atom stereocenters. The lowest BCUT2D eigenvalue weighted by atomic mass is 9.82. The van der Waals surface area contributed by atoms with E-state index >= 15 is 0 Å². The fraction of sp³-hybridized carbons (Fsp3) is 0.0714. The van der Waals surface area contributed by atoms with Crippen molar-refractivity contribution in [3.05, 3.63) is 235 Å². The number of aryl methyl sites for hydroxylation is 2. The van der Waals surface area contributed by atoms with Crippen LogP contribution in [0.4, 0.5) is 22.7 Å². The first kappa shape index (κ1) is 34.9. The van der Waals surface area contributed by atoms with Crippen molar-refractivity contribution >= 4 is 66.6 Å². The Bertz CT molecular complexity index is 3110. The van der Waals surface area contributed by atoms with Gasteiger partial charge in [-0.3, -0.25) is 0 Å². The molecular weight excluding hydrogens is 715 g/mol. The standard InChI is InChI=1S/C56H43N3/c1-2-48-50-24-13-17-41-18-14-26-55(56(41)50)59(44-21-7-4-8-22-44)53(48)35-29-39-27-31-45(32-28-39)57(46-33-30-40-15-9-10-16-42(40)37-46)47-34-36-54-51(38-47)49-23-11-12-25-52(49)58(54)43-19-5-3-6-20-43/h2-13,15-17,19-28,30-34,36-38H,1,14,18,29,35H2. The van der Waals surface area contributed by atoms with Crippen molar-refractivity contribution in [3.8, 4) is 5.69 Å². The minimum Gasteiger partial charge on any atom is -0.313 e. The highest BCUT2D eigenvalue weighted by atomic mass is 15.2. The lowest BCUT2D eigenvalue weighted by Crippen LogP contribution is -2.29. The number of para-hydroxylation sites is 3. The summed E-state index contributed by atoms with van der Waals surface area (Å²) in [7, 11) is 0. The Balaban J connectivity index is 0.990. The Labute approximate surface area is 345 Å². The second kappa shape index (κ2) is 14.5. The summed E-state index contributed by atoms with van der Waals surface area (Å²) < 4.78 is 2.38. The van der Waals surface area contributed by atoms with E-state index in [4.69, 9.17) is 0 Å². The molecule has 0 fully saturated rings. The molecule has 0 saturated carbocycles. The molecule has 1 aromatic heterocycles. The molecule has 11 rings (SSSR count). The maximum Gasteiger partial charge on any atom is 0.0542 e. The van der Waals surface area contributed by atoms with E-state index in [1.807, 2.05) is 0 Å². The van der Waals surface area contributed by atoms with Crippen molar-refractivity contribution < 1.29 is 0 Å². The summed E-state index contributed by atoms with van der Waals surface area (Å²) in [5.74, 6) is 0. The Morgan fingerprint density at radius 2 is 1.22 bits per heavy atom. The summed E-state index contributed by atoms with van der Waals surface area (Å²) in [6.45, 7) is 4.36. The predicted octanol–water partition coefficient (Wildman–Crippen LogP) is 14.7. The van der Waals surface area contributed by atoms with Crippen molar-refractivity contribution in [3.63, 3.8) is 0 Å². The van der Waals surface area contributed by atoms with Gasteiger partial charge in [-0.25, -0.2) is 0 Å². The molecule has 1 aliphatic carbocycles. The zero-order valence-electron chi connectivity index (χ0n) is 32.9. The molecule has 0 N–H and O–H groups in total. The van der Waals surface area contributed by atoms with E-state index in [0.717, 1.165) is 48.4 Å². The van der Waals surface area contributed by atoms with Gasteiger partial charge in [-0.05, 0) is 126 Å². The molecule has 8 aromatic carbocycles. The van der Waals surface area contributed by atoms with Crippen molar-refractivity contribution in [1.82, 2.24) is 4.57 Å². The first-order chi connectivity index (χ1) is 29.2. The van der Waals surface area contributed by atoms with E-state index < -0.39 is 0 Å². The Morgan fingerprint density at radius 1 is 0.542 bits per heavy atom. The SMILES string of the molecule is C=CC1=C(CCc2ccc(N(c3ccc4ccccc4c3)c3ccc4c(c3)c3ccccc3n4-c3ccccc3)cc2)N(c2ccccc2)C2=CCCc3cccc1c32. The molecule has 9 aromatic rings. The maximum absolute atomic E-state index is 4.36. The molecule has 282 valence electrons. The fourth-order valence-electron chi connectivity index (χ4n) is 9.57. The molecule has 0 atom stereocenters. The average Bonchev–Trinajstić information content (AvgIpc) is 3.63. The lowest BCUT2D eigenvalue weighted by molar-refractivity contribution is 0.888. The molecule has 3 heteroatoms. The summed E-state index contributed by atoms with van der Waals surface area (Å²) in [4.78, 5) is 4.91. The number of anilines is 4. The first-order valence-corrected chi connectivity index (χ1v) is 20.7. The van der Waals surface area contributed by atoms with Crippen LogP contribution in [0.3, 0.4) is 0 Å². The maximum atomic E-state index is 4.36. The van der Waals surface area contributed by atoms with Crippen molar-refractivity contribution in [1.29, 1.82) is 0 Å². The Kier molecular flexibility index (Phi) is 8.59. The number of fused-ring (bicyclic) bond motifs is 4. The number of nitrogens with zero attached hydrogens (tertiary/aromatic N) is 3. The molecule has 0 saturated heterocycles. The fourth-order valence-corrected chi connectivity index (χ4v) is 9.57. The third-order valence-electron chi connectivity index (χ3n) is 12.3. The highest BCUT2D eigenvalue weighted by molar-refractivity contribution is 6.11. The average molecular weight is 758 g/mol. The van der Waals surface area contributed by atoms with Crippen LogP contribution in [0.15, 0.2) is 212 Å². The van der Waals surface area contributed by atoms with Gasteiger partial charge in [0.2, 0.25) is 0 Å². The number of hydrogen-bond donors (Lipinski definition) is 0. The van der Waals surface area contributed by atoms with Crippen LogP contribution in [0.2, 0.25) is 0 Å². The minimum absolute atomic E-state index is 0.882. The summed E-state index contributed by atoms with van der Waals surface area (Å²) in [6, 6.07) is 68.7. The van der Waals surface area contributed by atoms with Crippen LogP contribution in [0.5, 0.6) is 0 Å². The highest BCUT2D eigenvalue weighted by Gasteiger charge is 2.31. The van der Waals surface area contributed by atoms with Gasteiger partial charge < -0.3 is 14.4 Å². The minimum atomic E-state index is 0.882. The number of benzene rings is 8. The van der Waals surface area contributed by atoms with Crippen LogP contribution in [0.1, 0.15) is 35.1 Å². The van der Waals surface area contributed by atoms with Crippen LogP contribution in [0, 0.1) is 0 Å². The molecule has 0 amide bonds. The van der Waals surface area contributed by atoms with Gasteiger partial charge in [-0.1, -0.05) is 134 Å². The lowest BCUT2D eigenvalue weighted by Gasteiger charge is -2.39. The smallest absolute Gasteiger partial charge is 0.0542 e. The zero-order valence-corrected chi connectivity index (χ0v) is 32.9. The third kappa shape index (κ3) is 5.97. The van der Waals surface area contributed by atoms with Crippen LogP contribution >= 0.6 is 0 Å². The van der Waals surface area contributed by atoms with Crippen LogP contribution in [-0.4, -0.2) is 4.57 Å². The Hall–Kier alpha value is -7.36. The Morgan fingerprint density at radius 3 is 2.03 bits per heavy atom. The zero-order chi connectivity index (χ0) is 39.3. The van der Waals surface area contributed by atoms with Gasteiger partial charge in [0.25, 0.3) is 0 Å². The molecule has 2 aliphatic rings. The molecule has 59 heavy (non-hydrogen) atoms.